The second-order valence-electron chi connectivity index (χ2n) is 7.28. The van der Waals surface area contributed by atoms with Gasteiger partial charge in [0, 0.05) is 36.7 Å². The van der Waals surface area contributed by atoms with Gasteiger partial charge in [0.05, 0.1) is 24.9 Å². The Morgan fingerprint density at radius 1 is 1.23 bits per heavy atom. The van der Waals surface area contributed by atoms with Gasteiger partial charge in [-0.3, -0.25) is 9.78 Å². The quantitative estimate of drug-likeness (QED) is 0.446. The Morgan fingerprint density at radius 2 is 2.10 bits per heavy atom. The van der Waals surface area contributed by atoms with Crippen LogP contribution in [0.15, 0.2) is 67.0 Å². The van der Waals surface area contributed by atoms with Gasteiger partial charge < -0.3 is 19.5 Å². The maximum absolute atomic E-state index is 13.9. The molecule has 0 aliphatic carbocycles. The molecule has 6 nitrogen and oxygen atoms in total. The van der Waals surface area contributed by atoms with Crippen LogP contribution in [0.4, 0.5) is 4.39 Å². The lowest BCUT2D eigenvalue weighted by atomic mass is 10.0. The van der Waals surface area contributed by atoms with Gasteiger partial charge in [0.1, 0.15) is 5.82 Å². The highest BCUT2D eigenvalue weighted by Crippen LogP contribution is 2.39. The molecule has 0 saturated carbocycles. The second-order valence-corrected chi connectivity index (χ2v) is 7.67. The monoisotopic (exact) mass is 438 g/mol. The maximum atomic E-state index is 13.9. The van der Waals surface area contributed by atoms with Crippen molar-refractivity contribution in [3.8, 4) is 5.69 Å². The zero-order valence-electron chi connectivity index (χ0n) is 17.1. The molecule has 0 bridgehead atoms. The molecule has 1 fully saturated rings. The van der Waals surface area contributed by atoms with Crippen molar-refractivity contribution in [1.82, 2.24) is 19.8 Å². The molecule has 0 amide bonds. The predicted octanol–water partition coefficient (Wildman–Crippen LogP) is 3.94. The highest BCUT2D eigenvalue weighted by atomic mass is 32.1. The minimum Gasteiger partial charge on any atom is -0.469 e. The fraction of sp³-hybridized carbons (Fsp3) is 0.261. The van der Waals surface area contributed by atoms with Crippen LogP contribution in [0.5, 0.6) is 0 Å². The van der Waals surface area contributed by atoms with Gasteiger partial charge >= 0.3 is 5.97 Å². The summed E-state index contributed by atoms with van der Waals surface area (Å²) in [6.07, 6.45) is 4.57. The first kappa shape index (κ1) is 21.0. The van der Waals surface area contributed by atoms with E-state index in [-0.39, 0.29) is 23.9 Å². The number of pyridine rings is 1. The van der Waals surface area contributed by atoms with Crippen molar-refractivity contribution in [2.45, 2.75) is 24.9 Å². The normalized spacial score (nSPS) is 18.1. The number of benzene rings is 1. The number of hydrogen-bond donors (Lipinski definition) is 1. The Hall–Kier alpha value is -3.26. The molecule has 160 valence electrons. The zero-order valence-corrected chi connectivity index (χ0v) is 17.9. The summed E-state index contributed by atoms with van der Waals surface area (Å²) in [5.41, 5.74) is 2.54. The Bertz CT molecular complexity index is 1070. The Labute approximate surface area is 185 Å². The first-order valence-electron chi connectivity index (χ1n) is 10.1. The third-order valence-corrected chi connectivity index (χ3v) is 5.73. The lowest BCUT2D eigenvalue weighted by molar-refractivity contribution is -0.140. The Morgan fingerprint density at radius 3 is 2.84 bits per heavy atom. The molecule has 1 aromatic carbocycles. The summed E-state index contributed by atoms with van der Waals surface area (Å²) in [7, 11) is 1.39. The number of aromatic nitrogens is 2. The minimum atomic E-state index is -0.298. The Balaban J connectivity index is 1.72. The molecule has 2 atom stereocenters. The van der Waals surface area contributed by atoms with Crippen LogP contribution in [0.3, 0.4) is 0 Å². The van der Waals surface area contributed by atoms with Gasteiger partial charge in [-0.2, -0.15) is 0 Å². The molecule has 3 heterocycles. The third kappa shape index (κ3) is 4.44. The highest BCUT2D eigenvalue weighted by molar-refractivity contribution is 7.80. The van der Waals surface area contributed by atoms with Crippen molar-refractivity contribution < 1.29 is 13.9 Å². The second kappa shape index (κ2) is 9.26. The van der Waals surface area contributed by atoms with Crippen LogP contribution in [0.25, 0.3) is 5.69 Å². The number of nitrogens with one attached hydrogen (secondary N) is 1. The number of carbonyl (C=O) groups is 1. The van der Waals surface area contributed by atoms with E-state index in [1.165, 1.54) is 19.2 Å². The topological polar surface area (TPSA) is 59.4 Å². The number of nitrogens with zero attached hydrogens (tertiary/aromatic N) is 3. The summed E-state index contributed by atoms with van der Waals surface area (Å²) >= 11 is 5.66. The summed E-state index contributed by atoms with van der Waals surface area (Å²) in [6.45, 7) is 0.573. The number of ether oxygens (including phenoxy) is 1. The van der Waals surface area contributed by atoms with E-state index in [1.54, 1.807) is 12.3 Å². The molecule has 0 radical (unpaired) electrons. The van der Waals surface area contributed by atoms with E-state index >= 15 is 0 Å². The summed E-state index contributed by atoms with van der Waals surface area (Å²) in [6, 6.07) is 15.8. The van der Waals surface area contributed by atoms with E-state index in [1.807, 2.05) is 47.2 Å². The molecule has 31 heavy (non-hydrogen) atoms. The molecular formula is C23H23FN4O2S. The summed E-state index contributed by atoms with van der Waals surface area (Å²) in [5.74, 6) is -0.549. The fourth-order valence-electron chi connectivity index (χ4n) is 3.96. The number of methoxy groups -OCH3 is 1. The van der Waals surface area contributed by atoms with Crippen LogP contribution in [-0.2, 0) is 9.53 Å². The molecular weight excluding hydrogens is 415 g/mol. The Kier molecular flexibility index (Phi) is 6.27. The van der Waals surface area contributed by atoms with Crippen molar-refractivity contribution in [2.24, 2.45) is 0 Å². The molecule has 0 spiro atoms. The molecule has 1 N–H and O–H groups in total. The lowest BCUT2D eigenvalue weighted by Crippen LogP contribution is -2.31. The summed E-state index contributed by atoms with van der Waals surface area (Å²) in [5, 5.41) is 3.99. The smallest absolute Gasteiger partial charge is 0.305 e. The number of hydrogen-bond acceptors (Lipinski definition) is 4. The van der Waals surface area contributed by atoms with Gasteiger partial charge in [0.15, 0.2) is 5.11 Å². The van der Waals surface area contributed by atoms with E-state index in [0.717, 1.165) is 17.1 Å². The fourth-order valence-corrected chi connectivity index (χ4v) is 4.29. The summed E-state index contributed by atoms with van der Waals surface area (Å²) in [4.78, 5) is 18.2. The summed E-state index contributed by atoms with van der Waals surface area (Å²) < 4.78 is 20.6. The molecule has 1 aliphatic heterocycles. The molecule has 1 aliphatic rings. The number of esters is 1. The van der Waals surface area contributed by atoms with Gasteiger partial charge in [-0.05, 0) is 61.1 Å². The predicted molar refractivity (Wildman–Crippen MR) is 119 cm³/mol. The molecule has 1 saturated heterocycles. The lowest BCUT2D eigenvalue weighted by Gasteiger charge is -2.29. The largest absolute Gasteiger partial charge is 0.469 e. The standard InChI is InChI=1S/C23H23FN4O2S/c1-30-20(29)11-6-14-28-22(21(26-23(28)31)18-9-2-3-12-25-18)19-10-5-13-27(19)17-8-4-7-16(24)15-17/h2-5,7-10,12-13,15,21-22H,6,11,14H2,1H3,(H,26,31)/t21-,22+/m1/s1. The number of thiocarbonyl (C=S) groups is 1. The van der Waals surface area contributed by atoms with E-state index in [4.69, 9.17) is 17.0 Å². The average molecular weight is 439 g/mol. The molecule has 4 rings (SSSR count). The van der Waals surface area contributed by atoms with Crippen LogP contribution in [-0.4, -0.2) is 39.2 Å². The first-order valence-corrected chi connectivity index (χ1v) is 10.5. The van der Waals surface area contributed by atoms with Gasteiger partial charge in [0.2, 0.25) is 0 Å². The van der Waals surface area contributed by atoms with Crippen molar-refractivity contribution in [3.63, 3.8) is 0 Å². The van der Waals surface area contributed by atoms with Crippen LogP contribution in [0.1, 0.15) is 36.3 Å². The van der Waals surface area contributed by atoms with Crippen molar-refractivity contribution >= 4 is 23.3 Å². The van der Waals surface area contributed by atoms with Crippen LogP contribution >= 0.6 is 12.2 Å². The average Bonchev–Trinajstić information content (AvgIpc) is 3.39. The van der Waals surface area contributed by atoms with Gasteiger partial charge in [-0.15, -0.1) is 0 Å². The van der Waals surface area contributed by atoms with Crippen LogP contribution in [0, 0.1) is 5.82 Å². The maximum Gasteiger partial charge on any atom is 0.305 e. The molecule has 8 heteroatoms. The van der Waals surface area contributed by atoms with Crippen molar-refractivity contribution in [1.29, 1.82) is 0 Å². The number of halogens is 1. The zero-order chi connectivity index (χ0) is 21.8. The molecule has 3 aromatic rings. The highest BCUT2D eigenvalue weighted by Gasteiger charge is 2.41. The van der Waals surface area contributed by atoms with E-state index in [2.05, 4.69) is 15.2 Å². The van der Waals surface area contributed by atoms with Gasteiger partial charge in [-0.1, -0.05) is 12.1 Å². The number of carbonyl (C=O) groups excluding carboxylic acids is 1. The number of rotatable bonds is 7. The van der Waals surface area contributed by atoms with Crippen LogP contribution in [0.2, 0.25) is 0 Å². The van der Waals surface area contributed by atoms with Gasteiger partial charge in [0.25, 0.3) is 0 Å². The third-order valence-electron chi connectivity index (χ3n) is 5.38. The van der Waals surface area contributed by atoms with Crippen LogP contribution < -0.4 is 5.32 Å². The first-order chi connectivity index (χ1) is 15.1. The molecule has 2 aromatic heterocycles. The van der Waals surface area contributed by atoms with E-state index in [9.17, 15) is 9.18 Å². The SMILES string of the molecule is COC(=O)CCCN1C(=S)N[C@H](c2ccccn2)[C@@H]1c1cccn1-c1cccc(F)c1. The van der Waals surface area contributed by atoms with Crippen molar-refractivity contribution in [3.05, 3.63) is 84.2 Å². The molecule has 0 unspecified atom stereocenters. The van der Waals surface area contributed by atoms with Gasteiger partial charge in [-0.25, -0.2) is 4.39 Å². The minimum absolute atomic E-state index is 0.182. The van der Waals surface area contributed by atoms with E-state index < -0.39 is 0 Å². The van der Waals surface area contributed by atoms with Crippen molar-refractivity contribution in [2.75, 3.05) is 13.7 Å². The van der Waals surface area contributed by atoms with E-state index in [0.29, 0.717) is 24.5 Å².